The zero-order valence-electron chi connectivity index (χ0n) is 13.3. The lowest BCUT2D eigenvalue weighted by atomic mass is 10.0. The number of aryl methyl sites for hydroxylation is 2. The Hall–Kier alpha value is -1.88. The van der Waals surface area contributed by atoms with E-state index in [1.165, 1.54) is 0 Å². The lowest BCUT2D eigenvalue weighted by molar-refractivity contribution is -0.139. The molecule has 2 heterocycles. The van der Waals surface area contributed by atoms with Gasteiger partial charge in [-0.1, -0.05) is 12.1 Å². The number of amides is 1. The number of imidazole rings is 1. The van der Waals surface area contributed by atoms with E-state index in [4.69, 9.17) is 4.74 Å². The van der Waals surface area contributed by atoms with E-state index >= 15 is 0 Å². The van der Waals surface area contributed by atoms with Crippen molar-refractivity contribution in [1.29, 1.82) is 0 Å². The van der Waals surface area contributed by atoms with Crippen molar-refractivity contribution in [2.75, 3.05) is 13.2 Å². The second-order valence-corrected chi connectivity index (χ2v) is 6.12. The van der Waals surface area contributed by atoms with Crippen molar-refractivity contribution in [3.63, 3.8) is 0 Å². The molecule has 0 unspecified atom stereocenters. The van der Waals surface area contributed by atoms with Crippen LogP contribution >= 0.6 is 0 Å². The smallest absolute Gasteiger partial charge is 0.251 e. The molecule has 1 aromatic carbocycles. The highest BCUT2D eigenvalue weighted by Crippen LogP contribution is 2.24. The number of rotatable bonds is 5. The maximum absolute atomic E-state index is 12.1. The van der Waals surface area contributed by atoms with Crippen LogP contribution in [0.3, 0.4) is 0 Å². The summed E-state index contributed by atoms with van der Waals surface area (Å²) in [6.07, 6.45) is 3.50. The van der Waals surface area contributed by atoms with Crippen LogP contribution in [0.5, 0.6) is 0 Å². The second-order valence-electron chi connectivity index (χ2n) is 6.12. The molecule has 0 spiro atoms. The zero-order chi connectivity index (χ0) is 15.6. The Kier molecular flexibility index (Phi) is 4.16. The molecule has 1 aliphatic rings. The average Bonchev–Trinajstić information content (AvgIpc) is 3.10. The van der Waals surface area contributed by atoms with Gasteiger partial charge >= 0.3 is 0 Å². The van der Waals surface area contributed by atoms with Gasteiger partial charge in [-0.05, 0) is 38.3 Å². The Morgan fingerprint density at radius 3 is 3.00 bits per heavy atom. The molecule has 118 valence electrons. The van der Waals surface area contributed by atoms with Crippen molar-refractivity contribution in [2.24, 2.45) is 7.05 Å². The summed E-state index contributed by atoms with van der Waals surface area (Å²) < 4.78 is 7.67. The zero-order valence-corrected chi connectivity index (χ0v) is 13.3. The van der Waals surface area contributed by atoms with Crippen LogP contribution in [0.1, 0.15) is 32.0 Å². The van der Waals surface area contributed by atoms with Crippen LogP contribution in [-0.4, -0.2) is 34.2 Å². The van der Waals surface area contributed by atoms with Crippen molar-refractivity contribution < 1.29 is 9.53 Å². The fraction of sp³-hybridized carbons (Fsp3) is 0.529. The van der Waals surface area contributed by atoms with Crippen LogP contribution in [0.2, 0.25) is 0 Å². The number of nitrogens with zero attached hydrogens (tertiary/aromatic N) is 2. The molecule has 0 bridgehead atoms. The number of ether oxygens (including phenoxy) is 1. The Morgan fingerprint density at radius 2 is 2.27 bits per heavy atom. The quantitative estimate of drug-likeness (QED) is 0.861. The van der Waals surface area contributed by atoms with E-state index in [0.717, 1.165) is 42.5 Å². The van der Waals surface area contributed by atoms with Gasteiger partial charge in [0.15, 0.2) is 0 Å². The van der Waals surface area contributed by atoms with Crippen molar-refractivity contribution in [3.8, 4) is 0 Å². The SMILES string of the molecule is Cn1c(CCCNC(=O)[C@]2(C)CCCO2)nc2ccccc21. The fourth-order valence-electron chi connectivity index (χ4n) is 3.01. The van der Waals surface area contributed by atoms with Gasteiger partial charge in [-0.2, -0.15) is 0 Å². The number of aromatic nitrogens is 2. The van der Waals surface area contributed by atoms with Crippen molar-refractivity contribution >= 4 is 16.9 Å². The van der Waals surface area contributed by atoms with Crippen LogP contribution in [0.4, 0.5) is 0 Å². The van der Waals surface area contributed by atoms with E-state index in [2.05, 4.69) is 20.9 Å². The number of fused-ring (bicyclic) bond motifs is 1. The fourth-order valence-corrected chi connectivity index (χ4v) is 3.01. The van der Waals surface area contributed by atoms with Gasteiger partial charge in [0, 0.05) is 26.6 Å². The van der Waals surface area contributed by atoms with Crippen molar-refractivity contribution in [1.82, 2.24) is 14.9 Å². The molecule has 1 fully saturated rings. The summed E-state index contributed by atoms with van der Waals surface area (Å²) in [5.74, 6) is 1.06. The first-order valence-corrected chi connectivity index (χ1v) is 7.93. The van der Waals surface area contributed by atoms with Crippen molar-refractivity contribution in [3.05, 3.63) is 30.1 Å². The van der Waals surface area contributed by atoms with Gasteiger partial charge in [-0.15, -0.1) is 0 Å². The second kappa shape index (κ2) is 6.08. The third-order valence-electron chi connectivity index (χ3n) is 4.44. The number of para-hydroxylation sites is 2. The molecule has 1 aliphatic heterocycles. The predicted molar refractivity (Wildman–Crippen MR) is 85.6 cm³/mol. The highest BCUT2D eigenvalue weighted by Gasteiger charge is 2.37. The molecule has 3 rings (SSSR count). The largest absolute Gasteiger partial charge is 0.365 e. The summed E-state index contributed by atoms with van der Waals surface area (Å²) in [5, 5.41) is 2.99. The maximum Gasteiger partial charge on any atom is 0.251 e. The first-order valence-electron chi connectivity index (χ1n) is 7.93. The molecular formula is C17H23N3O2. The van der Waals surface area contributed by atoms with Gasteiger partial charge in [0.05, 0.1) is 11.0 Å². The minimum atomic E-state index is -0.627. The van der Waals surface area contributed by atoms with E-state index in [1.54, 1.807) is 0 Å². The maximum atomic E-state index is 12.1. The lowest BCUT2D eigenvalue weighted by Crippen LogP contribution is -2.44. The topological polar surface area (TPSA) is 56.2 Å². The van der Waals surface area contributed by atoms with Crippen LogP contribution in [0.15, 0.2) is 24.3 Å². The van der Waals surface area contributed by atoms with Crippen LogP contribution in [-0.2, 0) is 23.0 Å². The summed E-state index contributed by atoms with van der Waals surface area (Å²) >= 11 is 0. The van der Waals surface area contributed by atoms with Gasteiger partial charge in [0.2, 0.25) is 0 Å². The molecule has 1 N–H and O–H groups in total. The molecule has 5 heteroatoms. The molecule has 0 aliphatic carbocycles. The van der Waals surface area contributed by atoms with Crippen molar-refractivity contribution in [2.45, 2.75) is 38.2 Å². The third-order valence-corrected chi connectivity index (χ3v) is 4.44. The van der Waals surface area contributed by atoms with E-state index in [1.807, 2.05) is 32.2 Å². The van der Waals surface area contributed by atoms with E-state index in [0.29, 0.717) is 13.2 Å². The van der Waals surface area contributed by atoms with Crippen LogP contribution in [0, 0.1) is 0 Å². The molecular weight excluding hydrogens is 278 g/mol. The number of hydrogen-bond acceptors (Lipinski definition) is 3. The minimum Gasteiger partial charge on any atom is -0.365 e. The molecule has 1 amide bonds. The van der Waals surface area contributed by atoms with Gasteiger partial charge in [-0.25, -0.2) is 4.98 Å². The molecule has 22 heavy (non-hydrogen) atoms. The van der Waals surface area contributed by atoms with E-state index < -0.39 is 5.60 Å². The molecule has 1 aromatic heterocycles. The summed E-state index contributed by atoms with van der Waals surface area (Å²) in [6, 6.07) is 8.13. The van der Waals surface area contributed by atoms with Crippen LogP contribution in [0.25, 0.3) is 11.0 Å². The number of carbonyl (C=O) groups excluding carboxylic acids is 1. The lowest BCUT2D eigenvalue weighted by Gasteiger charge is -2.21. The van der Waals surface area contributed by atoms with Gasteiger partial charge in [0.1, 0.15) is 11.4 Å². The number of benzene rings is 1. The molecule has 5 nitrogen and oxygen atoms in total. The third kappa shape index (κ3) is 2.86. The van der Waals surface area contributed by atoms with Gasteiger partial charge in [-0.3, -0.25) is 4.79 Å². The Labute approximate surface area is 130 Å². The summed E-state index contributed by atoms with van der Waals surface area (Å²) in [6.45, 7) is 3.21. The Balaban J connectivity index is 1.52. The number of carbonyl (C=O) groups is 1. The predicted octanol–water partition coefficient (Wildman–Crippen LogP) is 2.19. The summed E-state index contributed by atoms with van der Waals surface area (Å²) in [7, 11) is 2.04. The highest BCUT2D eigenvalue weighted by molar-refractivity contribution is 5.85. The highest BCUT2D eigenvalue weighted by atomic mass is 16.5. The van der Waals surface area contributed by atoms with Gasteiger partial charge in [0.25, 0.3) is 5.91 Å². The molecule has 0 saturated carbocycles. The van der Waals surface area contributed by atoms with Crippen LogP contribution < -0.4 is 5.32 Å². The summed E-state index contributed by atoms with van der Waals surface area (Å²) in [5.41, 5.74) is 1.54. The monoisotopic (exact) mass is 301 g/mol. The van der Waals surface area contributed by atoms with E-state index in [-0.39, 0.29) is 5.91 Å². The molecule has 0 radical (unpaired) electrons. The molecule has 2 aromatic rings. The number of hydrogen-bond donors (Lipinski definition) is 1. The standard InChI is InChI=1S/C17H23N3O2/c1-17(10-6-12-22-17)16(21)18-11-5-9-15-19-13-7-3-4-8-14(13)20(15)2/h3-4,7-8H,5-6,9-12H2,1-2H3,(H,18,21)/t17-/m0/s1. The Morgan fingerprint density at radius 1 is 1.45 bits per heavy atom. The molecule has 1 saturated heterocycles. The first kappa shape index (κ1) is 15.0. The normalized spacial score (nSPS) is 21.4. The minimum absolute atomic E-state index is 0.00926. The van der Waals surface area contributed by atoms with E-state index in [9.17, 15) is 4.79 Å². The first-order chi connectivity index (χ1) is 10.6. The average molecular weight is 301 g/mol. The number of nitrogens with one attached hydrogen (secondary N) is 1. The summed E-state index contributed by atoms with van der Waals surface area (Å²) in [4.78, 5) is 16.8. The molecule has 1 atom stereocenters. The van der Waals surface area contributed by atoms with Gasteiger partial charge < -0.3 is 14.6 Å². The Bertz CT molecular complexity index is 672.